The number of fused-ring (bicyclic) bond motifs is 6. The Balaban J connectivity index is 1.04. The standard InChI is InChI=1S/C44H53FN8O8/c1-21(2)36(50-43(56)59-6)42(55)53-22(3)8-13-33(53)40-47-31-12-10-24-15-30-28-11-9-25(14-26(28)20-61-35(30)17-29(24)38(31)49-40)32-18-46-39(48-32)34-16-27(45)19-52(34)41(54)37(23(4)58-5)51-44(57)60-7/h9-12,14-15,17-18,21-23,27,33-34,36-37,44,51,57H,8,13,16,19-20H2,1-7H3,(H,46,48)(H,47,49)(H,50,56). The number of hydrogen-bond acceptors (Lipinski definition) is 11. The van der Waals surface area contributed by atoms with Crippen LogP contribution in [0.4, 0.5) is 9.18 Å². The second-order valence-corrected chi connectivity index (χ2v) is 16.6. The lowest BCUT2D eigenvalue weighted by Gasteiger charge is -2.32. The SMILES string of the molecule is COC(=O)NC(C(=O)N1C(C)CCC1c1nc2c(ccc3cc4c(cc32)OCc2cc(-c3cnc(C5CC(F)CN5C(=O)C(NC(O)OC)C(C)OC)[nH]3)ccc2-4)[nH]1)C(C)C. The van der Waals surface area contributed by atoms with Crippen LogP contribution in [0, 0.1) is 5.92 Å². The summed E-state index contributed by atoms with van der Waals surface area (Å²) >= 11 is 0. The summed E-state index contributed by atoms with van der Waals surface area (Å²) in [6.07, 6.45) is -0.660. The third-order valence-electron chi connectivity index (χ3n) is 12.4. The molecule has 2 saturated heterocycles. The number of aromatic nitrogens is 4. The van der Waals surface area contributed by atoms with E-state index in [4.69, 9.17) is 23.9 Å². The van der Waals surface area contributed by atoms with Crippen LogP contribution in [0.1, 0.15) is 76.3 Å². The molecule has 16 nitrogen and oxygen atoms in total. The lowest BCUT2D eigenvalue weighted by molar-refractivity contribution is -0.149. The number of carbonyl (C=O) groups excluding carboxylic acids is 3. The summed E-state index contributed by atoms with van der Waals surface area (Å²) < 4.78 is 36.5. The van der Waals surface area contributed by atoms with Gasteiger partial charge in [0.25, 0.3) is 0 Å². The largest absolute Gasteiger partial charge is 0.488 e. The highest BCUT2D eigenvalue weighted by molar-refractivity contribution is 6.07. The van der Waals surface area contributed by atoms with Crippen molar-refractivity contribution >= 4 is 39.7 Å². The van der Waals surface area contributed by atoms with Crippen LogP contribution in [-0.2, 0) is 30.4 Å². The number of alkyl carbamates (subject to hydrolysis) is 1. The average Bonchev–Trinajstić information content (AvgIpc) is 4.08. The molecule has 8 rings (SSSR count). The number of aromatic amines is 2. The zero-order valence-corrected chi connectivity index (χ0v) is 35.3. The second-order valence-electron chi connectivity index (χ2n) is 16.6. The van der Waals surface area contributed by atoms with Gasteiger partial charge in [-0.1, -0.05) is 32.0 Å². The Morgan fingerprint density at radius 2 is 1.75 bits per heavy atom. The fourth-order valence-corrected chi connectivity index (χ4v) is 9.00. The van der Waals surface area contributed by atoms with E-state index in [-0.39, 0.29) is 36.9 Å². The Bertz CT molecular complexity index is 2450. The first kappa shape index (κ1) is 42.1. The van der Waals surface area contributed by atoms with Crippen molar-refractivity contribution < 1.29 is 42.8 Å². The van der Waals surface area contributed by atoms with Crippen LogP contribution in [0.25, 0.3) is 44.2 Å². The summed E-state index contributed by atoms with van der Waals surface area (Å²) in [6.45, 7) is 7.71. The quantitative estimate of drug-likeness (QED) is 0.0978. The predicted molar refractivity (Wildman–Crippen MR) is 224 cm³/mol. The van der Waals surface area contributed by atoms with Crippen LogP contribution in [0.5, 0.6) is 5.75 Å². The highest BCUT2D eigenvalue weighted by atomic mass is 19.1. The highest BCUT2D eigenvalue weighted by Gasteiger charge is 2.43. The Hall–Kier alpha value is -5.62. The maximum atomic E-state index is 15.0. The van der Waals surface area contributed by atoms with E-state index >= 15 is 0 Å². The summed E-state index contributed by atoms with van der Waals surface area (Å²) in [7, 11) is 4.04. The molecular weight excluding hydrogens is 788 g/mol. The number of rotatable bonds is 12. The number of benzene rings is 3. The lowest BCUT2D eigenvalue weighted by Crippen LogP contribution is -2.55. The number of nitrogens with one attached hydrogen (secondary N) is 4. The normalized spacial score (nSPS) is 21.9. The summed E-state index contributed by atoms with van der Waals surface area (Å²) in [6, 6.07) is 11.6. The van der Waals surface area contributed by atoms with E-state index in [1.807, 2.05) is 49.9 Å². The van der Waals surface area contributed by atoms with E-state index in [2.05, 4.69) is 43.8 Å². The van der Waals surface area contributed by atoms with Gasteiger partial charge < -0.3 is 49.1 Å². The molecule has 5 heterocycles. The topological polar surface area (TPSA) is 196 Å². The number of carbonyl (C=O) groups is 3. The molecule has 3 aliphatic heterocycles. The molecule has 0 radical (unpaired) electrons. The van der Waals surface area contributed by atoms with Crippen molar-refractivity contribution in [3.63, 3.8) is 0 Å². The monoisotopic (exact) mass is 840 g/mol. The van der Waals surface area contributed by atoms with Crippen LogP contribution in [0.15, 0.2) is 48.7 Å². The van der Waals surface area contributed by atoms with E-state index in [1.54, 1.807) is 13.1 Å². The van der Waals surface area contributed by atoms with Gasteiger partial charge in [0.1, 0.15) is 42.3 Å². The minimum atomic E-state index is -1.41. The Morgan fingerprint density at radius 3 is 2.49 bits per heavy atom. The van der Waals surface area contributed by atoms with E-state index in [0.29, 0.717) is 23.9 Å². The van der Waals surface area contributed by atoms with Crippen molar-refractivity contribution in [2.75, 3.05) is 27.9 Å². The van der Waals surface area contributed by atoms with E-state index < -0.39 is 48.8 Å². The summed E-state index contributed by atoms with van der Waals surface area (Å²) in [5.41, 5.74) is 6.14. The molecule has 0 aliphatic carbocycles. The number of amides is 3. The molecule has 2 aromatic heterocycles. The molecule has 324 valence electrons. The number of aliphatic hydroxyl groups excluding tert-OH is 1. The predicted octanol–water partition coefficient (Wildman–Crippen LogP) is 5.63. The van der Waals surface area contributed by atoms with Crippen LogP contribution in [0.3, 0.4) is 0 Å². The van der Waals surface area contributed by atoms with Gasteiger partial charge in [-0.3, -0.25) is 14.9 Å². The zero-order chi connectivity index (χ0) is 43.3. The van der Waals surface area contributed by atoms with Crippen molar-refractivity contribution in [1.29, 1.82) is 0 Å². The first-order chi connectivity index (χ1) is 29.3. The molecule has 3 amide bonds. The molecule has 3 aromatic carbocycles. The number of methoxy groups -OCH3 is 3. The van der Waals surface area contributed by atoms with Crippen molar-refractivity contribution in [3.8, 4) is 28.1 Å². The second kappa shape index (κ2) is 17.0. The number of aliphatic hydroxyl groups is 1. The Labute approximate surface area is 352 Å². The number of alkyl halides is 1. The number of halogens is 1. The number of ether oxygens (including phenoxy) is 4. The molecule has 2 fully saturated rings. The van der Waals surface area contributed by atoms with E-state index in [1.165, 1.54) is 26.2 Å². The minimum absolute atomic E-state index is 0.0407. The number of likely N-dealkylation sites (tertiary alicyclic amines) is 2. The summed E-state index contributed by atoms with van der Waals surface area (Å²) in [5.74, 6) is 1.13. The molecule has 0 saturated carbocycles. The summed E-state index contributed by atoms with van der Waals surface area (Å²) in [4.78, 5) is 59.7. The van der Waals surface area contributed by atoms with Gasteiger partial charge in [0.15, 0.2) is 0 Å². The van der Waals surface area contributed by atoms with E-state index in [9.17, 15) is 23.9 Å². The molecule has 0 spiro atoms. The first-order valence-corrected chi connectivity index (χ1v) is 20.7. The molecule has 5 aromatic rings. The first-order valence-electron chi connectivity index (χ1n) is 20.7. The molecule has 8 atom stereocenters. The Kier molecular flexibility index (Phi) is 11.8. The van der Waals surface area contributed by atoms with Crippen LogP contribution in [0.2, 0.25) is 0 Å². The Morgan fingerprint density at radius 1 is 0.951 bits per heavy atom. The van der Waals surface area contributed by atoms with Gasteiger partial charge in [-0.05, 0) is 78.9 Å². The molecular formula is C44H53FN8O8. The maximum Gasteiger partial charge on any atom is 0.407 e. The van der Waals surface area contributed by atoms with Crippen LogP contribution >= 0.6 is 0 Å². The smallest absolute Gasteiger partial charge is 0.407 e. The zero-order valence-electron chi connectivity index (χ0n) is 35.3. The molecule has 3 aliphatic rings. The van der Waals surface area contributed by atoms with Crippen molar-refractivity contribution in [2.24, 2.45) is 5.92 Å². The molecule has 0 bridgehead atoms. The number of H-pyrrole nitrogens is 2. The van der Waals surface area contributed by atoms with Crippen LogP contribution in [-0.4, -0.2) is 117 Å². The minimum Gasteiger partial charge on any atom is -0.488 e. The number of imidazole rings is 2. The van der Waals surface area contributed by atoms with E-state index in [0.717, 1.165) is 62.7 Å². The molecule has 8 unspecified atom stereocenters. The molecule has 5 N–H and O–H groups in total. The summed E-state index contributed by atoms with van der Waals surface area (Å²) in [5, 5.41) is 17.4. The highest BCUT2D eigenvalue weighted by Crippen LogP contribution is 2.44. The average molecular weight is 841 g/mol. The van der Waals surface area contributed by atoms with Gasteiger partial charge in [-0.25, -0.2) is 19.2 Å². The third-order valence-corrected chi connectivity index (χ3v) is 12.4. The number of nitrogens with zero attached hydrogens (tertiary/aromatic N) is 4. The van der Waals surface area contributed by atoms with Crippen LogP contribution < -0.4 is 15.4 Å². The fraction of sp³-hybridized carbons (Fsp3) is 0.477. The van der Waals surface area contributed by atoms with Gasteiger partial charge in [0.2, 0.25) is 18.2 Å². The van der Waals surface area contributed by atoms with Gasteiger partial charge in [-0.2, -0.15) is 0 Å². The van der Waals surface area contributed by atoms with Crippen molar-refractivity contribution in [2.45, 2.75) is 102 Å². The fourth-order valence-electron chi connectivity index (χ4n) is 9.00. The van der Waals surface area contributed by atoms with Gasteiger partial charge in [0.05, 0.1) is 54.8 Å². The molecule has 61 heavy (non-hydrogen) atoms. The maximum absolute atomic E-state index is 15.0. The van der Waals surface area contributed by atoms with Gasteiger partial charge >= 0.3 is 6.09 Å². The third kappa shape index (κ3) is 7.91. The van der Waals surface area contributed by atoms with Crippen molar-refractivity contribution in [3.05, 3.63) is 65.9 Å². The lowest BCUT2D eigenvalue weighted by atomic mass is 9.92. The van der Waals surface area contributed by atoms with Gasteiger partial charge in [0, 0.05) is 37.6 Å². The van der Waals surface area contributed by atoms with Crippen molar-refractivity contribution in [1.82, 2.24) is 40.4 Å². The molecule has 17 heteroatoms. The van der Waals surface area contributed by atoms with Gasteiger partial charge in [-0.15, -0.1) is 0 Å². The number of hydrogen-bond donors (Lipinski definition) is 5.